The lowest BCUT2D eigenvalue weighted by Crippen LogP contribution is -2.48. The number of aryl methyl sites for hydroxylation is 1. The molecular weight excluding hydrogens is 286 g/mol. The van der Waals surface area contributed by atoms with Crippen molar-refractivity contribution in [1.82, 2.24) is 9.55 Å². The van der Waals surface area contributed by atoms with Crippen LogP contribution in [0.3, 0.4) is 0 Å². The molecule has 1 aliphatic heterocycles. The smallest absolute Gasteiger partial charge is 0.175 e. The SMILES string of the molecule is Cc1nccn1CC1CN(c2ccc(S(C)(=O)=O)cc2)C1. The quantitative estimate of drug-likeness (QED) is 0.863. The summed E-state index contributed by atoms with van der Waals surface area (Å²) in [7, 11) is -3.11. The van der Waals surface area contributed by atoms with E-state index in [1.54, 1.807) is 12.1 Å². The molecule has 0 N–H and O–H groups in total. The van der Waals surface area contributed by atoms with E-state index in [2.05, 4.69) is 14.5 Å². The molecule has 2 heterocycles. The third kappa shape index (κ3) is 2.95. The molecule has 0 spiro atoms. The summed E-state index contributed by atoms with van der Waals surface area (Å²) in [5, 5.41) is 0. The highest BCUT2D eigenvalue weighted by atomic mass is 32.2. The van der Waals surface area contributed by atoms with Crippen molar-refractivity contribution >= 4 is 15.5 Å². The number of hydrogen-bond acceptors (Lipinski definition) is 4. The van der Waals surface area contributed by atoms with Gasteiger partial charge in [0, 0.05) is 49.9 Å². The summed E-state index contributed by atoms with van der Waals surface area (Å²) in [6.45, 7) is 5.00. The zero-order chi connectivity index (χ0) is 15.0. The molecule has 1 saturated heterocycles. The summed E-state index contributed by atoms with van der Waals surface area (Å²) < 4.78 is 25.0. The Morgan fingerprint density at radius 1 is 1.24 bits per heavy atom. The molecule has 0 amide bonds. The molecule has 0 radical (unpaired) electrons. The Labute approximate surface area is 125 Å². The van der Waals surface area contributed by atoms with Crippen LogP contribution in [0.1, 0.15) is 5.82 Å². The van der Waals surface area contributed by atoms with Crippen molar-refractivity contribution in [3.8, 4) is 0 Å². The van der Waals surface area contributed by atoms with Gasteiger partial charge < -0.3 is 9.47 Å². The Balaban J connectivity index is 1.60. The molecule has 1 fully saturated rings. The zero-order valence-corrected chi connectivity index (χ0v) is 13.0. The number of aromatic nitrogens is 2. The molecule has 1 aliphatic rings. The number of nitrogens with zero attached hydrogens (tertiary/aromatic N) is 3. The van der Waals surface area contributed by atoms with Crippen LogP contribution in [0.15, 0.2) is 41.6 Å². The van der Waals surface area contributed by atoms with Crippen molar-refractivity contribution in [2.75, 3.05) is 24.2 Å². The summed E-state index contributed by atoms with van der Waals surface area (Å²) in [5.74, 6) is 1.67. The van der Waals surface area contributed by atoms with E-state index in [-0.39, 0.29) is 0 Å². The fraction of sp³-hybridized carbons (Fsp3) is 0.400. The number of imidazole rings is 1. The highest BCUT2D eigenvalue weighted by Crippen LogP contribution is 2.26. The molecule has 1 aromatic carbocycles. The van der Waals surface area contributed by atoms with Gasteiger partial charge in [0.2, 0.25) is 0 Å². The Kier molecular flexibility index (Phi) is 3.49. The first-order chi connectivity index (χ1) is 9.93. The number of hydrogen-bond donors (Lipinski definition) is 0. The third-order valence-electron chi connectivity index (χ3n) is 3.97. The van der Waals surface area contributed by atoms with Crippen LogP contribution in [0.4, 0.5) is 5.69 Å². The summed E-state index contributed by atoms with van der Waals surface area (Å²) in [6, 6.07) is 7.13. The average Bonchev–Trinajstić information content (AvgIpc) is 2.78. The maximum Gasteiger partial charge on any atom is 0.175 e. The van der Waals surface area contributed by atoms with E-state index in [0.29, 0.717) is 10.8 Å². The van der Waals surface area contributed by atoms with E-state index >= 15 is 0 Å². The Morgan fingerprint density at radius 2 is 1.90 bits per heavy atom. The second-order valence-electron chi connectivity index (χ2n) is 5.66. The van der Waals surface area contributed by atoms with Gasteiger partial charge in [-0.1, -0.05) is 0 Å². The van der Waals surface area contributed by atoms with E-state index in [9.17, 15) is 8.42 Å². The third-order valence-corrected chi connectivity index (χ3v) is 5.09. The van der Waals surface area contributed by atoms with E-state index in [1.165, 1.54) is 6.26 Å². The van der Waals surface area contributed by atoms with Crippen molar-refractivity contribution in [3.05, 3.63) is 42.5 Å². The van der Waals surface area contributed by atoms with Crippen molar-refractivity contribution < 1.29 is 8.42 Å². The molecule has 5 nitrogen and oxygen atoms in total. The summed E-state index contributed by atoms with van der Waals surface area (Å²) >= 11 is 0. The minimum absolute atomic E-state index is 0.373. The minimum Gasteiger partial charge on any atom is -0.371 e. The molecule has 6 heteroatoms. The van der Waals surface area contributed by atoms with E-state index in [4.69, 9.17) is 0 Å². The van der Waals surface area contributed by atoms with Crippen molar-refractivity contribution in [1.29, 1.82) is 0 Å². The van der Waals surface area contributed by atoms with Crippen LogP contribution in [0.25, 0.3) is 0 Å². The summed E-state index contributed by atoms with van der Waals surface area (Å²) in [4.78, 5) is 6.87. The second kappa shape index (κ2) is 5.18. The van der Waals surface area contributed by atoms with Crippen LogP contribution in [-0.4, -0.2) is 37.3 Å². The Morgan fingerprint density at radius 3 is 2.43 bits per heavy atom. The fourth-order valence-corrected chi connectivity index (χ4v) is 3.31. The molecule has 112 valence electrons. The van der Waals surface area contributed by atoms with Gasteiger partial charge >= 0.3 is 0 Å². The Bertz CT molecular complexity index is 729. The monoisotopic (exact) mass is 305 g/mol. The number of benzene rings is 1. The highest BCUT2D eigenvalue weighted by molar-refractivity contribution is 7.90. The lowest BCUT2D eigenvalue weighted by atomic mass is 9.99. The zero-order valence-electron chi connectivity index (χ0n) is 12.2. The van der Waals surface area contributed by atoms with E-state index in [1.807, 2.05) is 31.5 Å². The van der Waals surface area contributed by atoms with Crippen LogP contribution in [0, 0.1) is 12.8 Å². The highest BCUT2D eigenvalue weighted by Gasteiger charge is 2.27. The number of sulfone groups is 1. The second-order valence-corrected chi connectivity index (χ2v) is 7.68. The van der Waals surface area contributed by atoms with Crippen molar-refractivity contribution in [2.24, 2.45) is 5.92 Å². The Hall–Kier alpha value is -1.82. The van der Waals surface area contributed by atoms with Gasteiger partial charge in [0.25, 0.3) is 0 Å². The first-order valence-electron chi connectivity index (χ1n) is 6.96. The van der Waals surface area contributed by atoms with Crippen LogP contribution in [-0.2, 0) is 16.4 Å². The van der Waals surface area contributed by atoms with Crippen LogP contribution in [0.2, 0.25) is 0 Å². The maximum absolute atomic E-state index is 11.4. The molecule has 0 bridgehead atoms. The summed E-state index contributed by atoms with van der Waals surface area (Å²) in [6.07, 6.45) is 5.07. The molecule has 0 aliphatic carbocycles. The molecule has 1 aromatic heterocycles. The van der Waals surface area contributed by atoms with E-state index in [0.717, 1.165) is 31.1 Å². The van der Waals surface area contributed by atoms with Gasteiger partial charge in [-0.25, -0.2) is 13.4 Å². The van der Waals surface area contributed by atoms with Crippen LogP contribution >= 0.6 is 0 Å². The normalized spacial score (nSPS) is 16.0. The first kappa shape index (κ1) is 14.1. The average molecular weight is 305 g/mol. The van der Waals surface area contributed by atoms with Crippen LogP contribution in [0.5, 0.6) is 0 Å². The molecule has 0 unspecified atom stereocenters. The molecule has 2 aromatic rings. The largest absolute Gasteiger partial charge is 0.371 e. The molecule has 0 atom stereocenters. The van der Waals surface area contributed by atoms with Crippen molar-refractivity contribution in [3.63, 3.8) is 0 Å². The predicted octanol–water partition coefficient (Wildman–Crippen LogP) is 1.73. The minimum atomic E-state index is -3.11. The van der Waals surface area contributed by atoms with Crippen molar-refractivity contribution in [2.45, 2.75) is 18.4 Å². The van der Waals surface area contributed by atoms with Gasteiger partial charge in [0.1, 0.15) is 5.82 Å². The van der Waals surface area contributed by atoms with Gasteiger partial charge in [0.05, 0.1) is 4.90 Å². The number of rotatable bonds is 4. The molecule has 0 saturated carbocycles. The number of anilines is 1. The van der Waals surface area contributed by atoms with Gasteiger partial charge in [-0.15, -0.1) is 0 Å². The maximum atomic E-state index is 11.4. The lowest BCUT2D eigenvalue weighted by molar-refractivity contribution is 0.354. The van der Waals surface area contributed by atoms with Gasteiger partial charge in [-0.05, 0) is 31.2 Å². The predicted molar refractivity (Wildman–Crippen MR) is 82.2 cm³/mol. The van der Waals surface area contributed by atoms with Gasteiger partial charge in [0.15, 0.2) is 9.84 Å². The lowest BCUT2D eigenvalue weighted by Gasteiger charge is -2.41. The van der Waals surface area contributed by atoms with Crippen LogP contribution < -0.4 is 4.90 Å². The van der Waals surface area contributed by atoms with Gasteiger partial charge in [-0.2, -0.15) is 0 Å². The first-order valence-corrected chi connectivity index (χ1v) is 8.85. The standard InChI is InChI=1S/C15H19N3O2S/c1-12-16-7-8-17(12)9-13-10-18(11-13)14-3-5-15(6-4-14)21(2,19)20/h3-8,13H,9-11H2,1-2H3. The topological polar surface area (TPSA) is 55.2 Å². The molecule has 3 rings (SSSR count). The fourth-order valence-electron chi connectivity index (χ4n) is 2.68. The molecule has 21 heavy (non-hydrogen) atoms. The summed E-state index contributed by atoms with van der Waals surface area (Å²) in [5.41, 5.74) is 1.08. The van der Waals surface area contributed by atoms with E-state index < -0.39 is 9.84 Å². The van der Waals surface area contributed by atoms with Gasteiger partial charge in [-0.3, -0.25) is 0 Å². The molecular formula is C15H19N3O2S.